The van der Waals surface area contributed by atoms with E-state index in [4.69, 9.17) is 9.90 Å². The summed E-state index contributed by atoms with van der Waals surface area (Å²) >= 11 is 3.12. The fourth-order valence-electron chi connectivity index (χ4n) is 3.10. The van der Waals surface area contributed by atoms with Crippen LogP contribution in [0.5, 0.6) is 0 Å². The minimum absolute atomic E-state index is 0.173. The molecule has 10 nitrogen and oxygen atoms in total. The number of sulfonamides is 1. The second kappa shape index (κ2) is 13.1. The Kier molecular flexibility index (Phi) is 10.1. The smallest absolute Gasteiger partial charge is 0.475 e. The van der Waals surface area contributed by atoms with Crippen LogP contribution in [0, 0.1) is 6.92 Å². The van der Waals surface area contributed by atoms with Crippen molar-refractivity contribution in [2.75, 3.05) is 23.9 Å². The summed E-state index contributed by atoms with van der Waals surface area (Å²) in [5.74, 6) is -1.62. The third-order valence-electron chi connectivity index (χ3n) is 4.97. The van der Waals surface area contributed by atoms with Gasteiger partial charge in [-0.05, 0) is 50.6 Å². The molecule has 0 saturated heterocycles. The molecule has 2 aromatic carbocycles. The van der Waals surface area contributed by atoms with Gasteiger partial charge in [0.1, 0.15) is 18.0 Å². The summed E-state index contributed by atoms with van der Waals surface area (Å²) < 4.78 is 58.5. The summed E-state index contributed by atoms with van der Waals surface area (Å²) in [6.07, 6.45) is -1.71. The van der Waals surface area contributed by atoms with Crippen molar-refractivity contribution in [1.82, 2.24) is 19.7 Å². The van der Waals surface area contributed by atoms with Crippen LogP contribution in [-0.4, -0.2) is 53.9 Å². The lowest BCUT2D eigenvalue weighted by Gasteiger charge is -2.13. The molecule has 0 aliphatic carbocycles. The number of carbonyl (C=O) groups is 1. The van der Waals surface area contributed by atoms with Gasteiger partial charge in [-0.25, -0.2) is 32.9 Å². The van der Waals surface area contributed by atoms with Gasteiger partial charge >= 0.3 is 12.1 Å². The summed E-state index contributed by atoms with van der Waals surface area (Å²) in [6.45, 7) is 1.98. The van der Waals surface area contributed by atoms with Gasteiger partial charge in [0.25, 0.3) is 0 Å². The van der Waals surface area contributed by atoms with Crippen molar-refractivity contribution in [3.8, 4) is 11.3 Å². The molecule has 16 heteroatoms. The highest BCUT2D eigenvalue weighted by Gasteiger charge is 2.38. The fourth-order valence-corrected chi connectivity index (χ4v) is 5.01. The number of aromatic nitrogens is 3. The maximum Gasteiger partial charge on any atom is 0.490 e. The van der Waals surface area contributed by atoms with Gasteiger partial charge in [0.15, 0.2) is 0 Å². The molecule has 2 heterocycles. The second-order valence-electron chi connectivity index (χ2n) is 7.74. The van der Waals surface area contributed by atoms with E-state index < -0.39 is 22.2 Å². The van der Waals surface area contributed by atoms with Crippen LogP contribution in [0.15, 0.2) is 70.0 Å². The third kappa shape index (κ3) is 8.38. The van der Waals surface area contributed by atoms with Gasteiger partial charge in [-0.2, -0.15) is 13.2 Å². The van der Waals surface area contributed by atoms with E-state index in [1.165, 1.54) is 25.1 Å². The van der Waals surface area contributed by atoms with E-state index in [0.29, 0.717) is 17.3 Å². The number of carboxylic acid groups (broad SMARTS) is 1. The average Bonchev–Trinajstić information content (AvgIpc) is 3.35. The predicted molar refractivity (Wildman–Crippen MR) is 149 cm³/mol. The molecule has 0 unspecified atom stereocenters. The molecule has 212 valence electrons. The normalized spacial score (nSPS) is 11.3. The van der Waals surface area contributed by atoms with Gasteiger partial charge in [0.2, 0.25) is 10.0 Å². The van der Waals surface area contributed by atoms with Crippen LogP contribution in [0.3, 0.4) is 0 Å². The van der Waals surface area contributed by atoms with Crippen LogP contribution in [0.2, 0.25) is 0 Å². The Morgan fingerprint density at radius 2 is 1.73 bits per heavy atom. The number of hydrogen-bond acceptors (Lipinski definition) is 10. The van der Waals surface area contributed by atoms with Crippen LogP contribution in [0.25, 0.3) is 11.3 Å². The number of nitrogens with zero attached hydrogens (tertiary/aromatic N) is 3. The lowest BCUT2D eigenvalue weighted by atomic mass is 10.1. The number of hydrogen-bond donors (Lipinski definition) is 4. The molecular formula is C24H23F3N6O4S3. The number of aliphatic carboxylic acids is 1. The first kappa shape index (κ1) is 30.8. The number of aryl methyl sites for hydroxylation is 1. The number of anilines is 4. The standard InChI is InChI=1S/C22H22N6O2S3.C2HF3O2/c1-14-26-19(12-32-14)15-5-4-6-16(9-15)27-21-11-22(25-13-24-21)28-18-10-17(33(29,30)23-2)7-8-20(18)31-3;3-2(4,5)1(6)7/h4-13,23H,1-3H3,(H2,24,25,27,28);(H,6,7). The minimum Gasteiger partial charge on any atom is -0.475 e. The van der Waals surface area contributed by atoms with Crippen molar-refractivity contribution in [1.29, 1.82) is 0 Å². The summed E-state index contributed by atoms with van der Waals surface area (Å²) in [6, 6.07) is 14.6. The van der Waals surface area contributed by atoms with Crippen molar-refractivity contribution < 1.29 is 31.5 Å². The van der Waals surface area contributed by atoms with E-state index in [2.05, 4.69) is 30.3 Å². The van der Waals surface area contributed by atoms with Gasteiger partial charge in [-0.15, -0.1) is 23.1 Å². The van der Waals surface area contributed by atoms with Crippen molar-refractivity contribution in [2.45, 2.75) is 22.9 Å². The van der Waals surface area contributed by atoms with Gasteiger partial charge in [-0.1, -0.05) is 12.1 Å². The molecular weight excluding hydrogens is 589 g/mol. The molecule has 4 rings (SSSR count). The number of carboxylic acids is 1. The van der Waals surface area contributed by atoms with Gasteiger partial charge < -0.3 is 15.7 Å². The molecule has 0 amide bonds. The van der Waals surface area contributed by atoms with Gasteiger partial charge in [0, 0.05) is 27.6 Å². The van der Waals surface area contributed by atoms with Gasteiger partial charge in [0.05, 0.1) is 21.3 Å². The Bertz CT molecular complexity index is 1600. The van der Waals surface area contributed by atoms with Crippen LogP contribution in [-0.2, 0) is 14.8 Å². The maximum absolute atomic E-state index is 12.2. The summed E-state index contributed by atoms with van der Waals surface area (Å²) in [7, 11) is -2.17. The minimum atomic E-state index is -5.08. The molecule has 2 aromatic heterocycles. The first-order valence-corrected chi connectivity index (χ1v) is 14.7. The molecule has 4 N–H and O–H groups in total. The lowest BCUT2D eigenvalue weighted by Crippen LogP contribution is -2.21. The highest BCUT2D eigenvalue weighted by Crippen LogP contribution is 2.31. The highest BCUT2D eigenvalue weighted by atomic mass is 32.2. The van der Waals surface area contributed by atoms with Crippen LogP contribution < -0.4 is 15.4 Å². The molecule has 0 aliphatic heterocycles. The molecule has 40 heavy (non-hydrogen) atoms. The predicted octanol–water partition coefficient (Wildman–Crippen LogP) is 5.66. The quantitative estimate of drug-likeness (QED) is 0.184. The largest absolute Gasteiger partial charge is 0.490 e. The zero-order chi connectivity index (χ0) is 29.5. The maximum atomic E-state index is 12.2. The Balaban J connectivity index is 0.000000559. The van der Waals surface area contributed by atoms with E-state index in [1.54, 1.807) is 35.6 Å². The van der Waals surface area contributed by atoms with Crippen molar-refractivity contribution in [3.05, 3.63) is 65.2 Å². The molecule has 0 radical (unpaired) electrons. The Hall–Kier alpha value is -3.73. The van der Waals surface area contributed by atoms with Gasteiger partial charge in [-0.3, -0.25) is 0 Å². The second-order valence-corrected chi connectivity index (χ2v) is 11.5. The van der Waals surface area contributed by atoms with E-state index in [-0.39, 0.29) is 4.90 Å². The van der Waals surface area contributed by atoms with E-state index in [9.17, 15) is 21.6 Å². The SMILES string of the molecule is CNS(=O)(=O)c1ccc(SC)c(Nc2cc(Nc3cccc(-c4csc(C)n4)c3)ncn2)c1.O=C(O)C(F)(F)F. The van der Waals surface area contributed by atoms with Crippen LogP contribution in [0.4, 0.5) is 36.2 Å². The molecule has 0 spiro atoms. The van der Waals surface area contributed by atoms with E-state index in [1.807, 2.05) is 42.8 Å². The zero-order valence-electron chi connectivity index (χ0n) is 21.1. The summed E-state index contributed by atoms with van der Waals surface area (Å²) in [4.78, 5) is 23.1. The van der Waals surface area contributed by atoms with E-state index >= 15 is 0 Å². The van der Waals surface area contributed by atoms with E-state index in [0.717, 1.165) is 26.8 Å². The first-order valence-electron chi connectivity index (χ1n) is 11.1. The number of halogens is 3. The number of rotatable bonds is 8. The third-order valence-corrected chi connectivity index (χ3v) is 7.95. The lowest BCUT2D eigenvalue weighted by molar-refractivity contribution is -0.192. The molecule has 0 bridgehead atoms. The first-order chi connectivity index (χ1) is 18.8. The summed E-state index contributed by atoms with van der Waals surface area (Å²) in [5.41, 5.74) is 3.47. The molecule has 4 aromatic rings. The zero-order valence-corrected chi connectivity index (χ0v) is 23.6. The average molecular weight is 613 g/mol. The number of nitrogens with one attached hydrogen (secondary N) is 3. The van der Waals surface area contributed by atoms with Crippen molar-refractivity contribution in [3.63, 3.8) is 0 Å². The Morgan fingerprint density at radius 3 is 2.30 bits per heavy atom. The topological polar surface area (TPSA) is 146 Å². The Labute approximate surface area is 236 Å². The number of alkyl halides is 3. The Morgan fingerprint density at radius 1 is 1.05 bits per heavy atom. The highest BCUT2D eigenvalue weighted by molar-refractivity contribution is 7.98. The number of thiazole rings is 1. The van der Waals surface area contributed by atoms with Crippen molar-refractivity contribution in [2.24, 2.45) is 0 Å². The molecule has 0 saturated carbocycles. The fraction of sp³-hybridized carbons (Fsp3) is 0.167. The molecule has 0 fully saturated rings. The monoisotopic (exact) mass is 612 g/mol. The number of thioether (sulfide) groups is 1. The molecule has 0 aliphatic rings. The molecule has 0 atom stereocenters. The van der Waals surface area contributed by atoms with Crippen LogP contribution >= 0.6 is 23.1 Å². The summed E-state index contributed by atoms with van der Waals surface area (Å²) in [5, 5.41) is 16.7. The van der Waals surface area contributed by atoms with Crippen molar-refractivity contribution >= 4 is 62.1 Å². The van der Waals surface area contributed by atoms with Crippen LogP contribution in [0.1, 0.15) is 5.01 Å². The number of benzene rings is 2.